The van der Waals surface area contributed by atoms with Crippen LogP contribution in [-0.2, 0) is 6.42 Å². The number of likely N-dealkylation sites (tertiary alicyclic amines) is 1. The maximum Gasteiger partial charge on any atom is 0.317 e. The molecule has 1 unspecified atom stereocenters. The van der Waals surface area contributed by atoms with Crippen LogP contribution in [0.4, 0.5) is 22.0 Å². The quantitative estimate of drug-likeness (QED) is 0.450. The first-order valence-corrected chi connectivity index (χ1v) is 13.4. The van der Waals surface area contributed by atoms with Crippen LogP contribution in [0.2, 0.25) is 0 Å². The van der Waals surface area contributed by atoms with Crippen molar-refractivity contribution in [3.63, 3.8) is 0 Å². The zero-order valence-corrected chi connectivity index (χ0v) is 20.6. The summed E-state index contributed by atoms with van der Waals surface area (Å²) >= 11 is 1.65. The van der Waals surface area contributed by atoms with Gasteiger partial charge in [0, 0.05) is 55.7 Å². The first kappa shape index (κ1) is 22.3. The van der Waals surface area contributed by atoms with Gasteiger partial charge in [0.05, 0.1) is 21.8 Å². The molecule has 2 amide bonds. The average molecular weight is 490 g/mol. The first-order valence-electron chi connectivity index (χ1n) is 12.5. The molecule has 9 heteroatoms. The van der Waals surface area contributed by atoms with E-state index >= 15 is 0 Å². The summed E-state index contributed by atoms with van der Waals surface area (Å²) in [5.41, 5.74) is 7.63. The van der Waals surface area contributed by atoms with Crippen LogP contribution in [0.1, 0.15) is 24.8 Å². The van der Waals surface area contributed by atoms with Gasteiger partial charge in [-0.25, -0.2) is 14.8 Å². The molecule has 0 radical (unpaired) electrons. The summed E-state index contributed by atoms with van der Waals surface area (Å²) < 4.78 is 1.17. The predicted octanol–water partition coefficient (Wildman–Crippen LogP) is 4.21. The third-order valence-corrected chi connectivity index (χ3v) is 8.06. The lowest BCUT2D eigenvalue weighted by Gasteiger charge is -2.29. The van der Waals surface area contributed by atoms with E-state index in [2.05, 4.69) is 55.1 Å². The number of hydrogen-bond acceptors (Lipinski definition) is 7. The van der Waals surface area contributed by atoms with Gasteiger partial charge in [0.15, 0.2) is 0 Å². The largest absolute Gasteiger partial charge is 0.363 e. The molecule has 2 aromatic heterocycles. The molecule has 0 aliphatic carbocycles. The summed E-state index contributed by atoms with van der Waals surface area (Å²) in [6.07, 6.45) is 8.41. The lowest BCUT2D eigenvalue weighted by Crippen LogP contribution is -2.45. The minimum atomic E-state index is 0.0493. The maximum absolute atomic E-state index is 12.6. The van der Waals surface area contributed by atoms with Gasteiger partial charge in [-0.05, 0) is 62.2 Å². The molecule has 1 fully saturated rings. The maximum atomic E-state index is 12.6. The number of urea groups is 1. The fraction of sp³-hybridized carbons (Fsp3) is 0.423. The number of pyridine rings is 1. The van der Waals surface area contributed by atoms with Gasteiger partial charge in [-0.3, -0.25) is 0 Å². The van der Waals surface area contributed by atoms with Crippen molar-refractivity contribution in [1.29, 1.82) is 0 Å². The number of fused-ring (bicyclic) bond motifs is 2. The summed E-state index contributed by atoms with van der Waals surface area (Å²) in [5, 5.41) is 10.3. The highest BCUT2D eigenvalue weighted by molar-refractivity contribution is 7.16. The van der Waals surface area contributed by atoms with Crippen molar-refractivity contribution >= 4 is 44.8 Å². The minimum Gasteiger partial charge on any atom is -0.363 e. The van der Waals surface area contributed by atoms with Gasteiger partial charge >= 0.3 is 6.03 Å². The number of nitrogens with zero attached hydrogens (tertiary/aromatic N) is 4. The van der Waals surface area contributed by atoms with Crippen LogP contribution in [0, 0.1) is 0 Å². The number of hydrogen-bond donors (Lipinski definition) is 3. The highest BCUT2D eigenvalue weighted by Gasteiger charge is 2.29. The Bertz CT molecular complexity index is 1250. The summed E-state index contributed by atoms with van der Waals surface area (Å²) in [6.45, 7) is 5.41. The van der Waals surface area contributed by atoms with E-state index in [-0.39, 0.29) is 12.1 Å². The number of carbonyl (C=O) groups excluding carboxylic acids is 1. The highest BCUT2D eigenvalue weighted by atomic mass is 32.1. The van der Waals surface area contributed by atoms with Gasteiger partial charge in [-0.1, -0.05) is 6.08 Å². The monoisotopic (exact) mass is 489 g/mol. The Labute approximate surface area is 209 Å². The molecular formula is C26H31N7OS. The van der Waals surface area contributed by atoms with Crippen molar-refractivity contribution in [3.05, 3.63) is 53.2 Å². The van der Waals surface area contributed by atoms with Crippen molar-refractivity contribution in [2.45, 2.75) is 31.7 Å². The van der Waals surface area contributed by atoms with E-state index in [0.29, 0.717) is 6.54 Å². The Kier molecular flexibility index (Phi) is 6.26. The molecule has 0 spiro atoms. The molecule has 3 aliphatic heterocycles. The van der Waals surface area contributed by atoms with E-state index in [1.165, 1.54) is 28.7 Å². The Balaban J connectivity index is 1.06. The normalized spacial score (nSPS) is 19.9. The number of carbonyl (C=O) groups is 1. The lowest BCUT2D eigenvalue weighted by atomic mass is 9.97. The van der Waals surface area contributed by atoms with Crippen molar-refractivity contribution in [1.82, 2.24) is 25.1 Å². The molecule has 182 valence electrons. The number of benzene rings is 1. The van der Waals surface area contributed by atoms with Crippen LogP contribution in [0.5, 0.6) is 0 Å². The molecule has 5 heterocycles. The number of amides is 2. The number of anilines is 3. The van der Waals surface area contributed by atoms with Crippen molar-refractivity contribution in [3.8, 4) is 0 Å². The third-order valence-electron chi connectivity index (χ3n) is 7.27. The van der Waals surface area contributed by atoms with E-state index < -0.39 is 0 Å². The molecule has 0 saturated carbocycles. The van der Waals surface area contributed by atoms with E-state index in [0.717, 1.165) is 68.3 Å². The van der Waals surface area contributed by atoms with Gasteiger partial charge in [0.2, 0.25) is 0 Å². The zero-order chi connectivity index (χ0) is 23.6. The summed E-state index contributed by atoms with van der Waals surface area (Å²) in [7, 11) is 0. The van der Waals surface area contributed by atoms with Gasteiger partial charge in [0.25, 0.3) is 0 Å². The average Bonchev–Trinajstić information content (AvgIpc) is 3.65. The summed E-state index contributed by atoms with van der Waals surface area (Å²) in [5.74, 6) is 0.946. The third kappa shape index (κ3) is 4.83. The van der Waals surface area contributed by atoms with Crippen molar-refractivity contribution in [2.24, 2.45) is 0 Å². The van der Waals surface area contributed by atoms with Crippen molar-refractivity contribution in [2.75, 3.05) is 49.9 Å². The zero-order valence-electron chi connectivity index (χ0n) is 19.8. The van der Waals surface area contributed by atoms with E-state index in [9.17, 15) is 4.79 Å². The Morgan fingerprint density at radius 1 is 1.17 bits per heavy atom. The SMILES string of the molecule is O=C(NCCN1CCCC1)N1CC=C(C2Cc3c(Nc4ccc5ncsc5c4)ccnc3N2)CC1. The molecule has 1 saturated heterocycles. The standard InChI is InChI=1S/C26H31N7OS/c34-26(28-9-14-32-10-1-2-11-32)33-12-6-18(7-13-33)23-16-20-21(5-8-27-25(20)31-23)30-19-3-4-22-24(15-19)35-17-29-22/h3-6,8,15,17,23H,1-2,7,9-14,16H2,(H,28,34)(H2,27,30,31). The van der Waals surface area contributed by atoms with E-state index in [1.54, 1.807) is 11.3 Å². The highest BCUT2D eigenvalue weighted by Crippen LogP contribution is 2.36. The Morgan fingerprint density at radius 3 is 2.94 bits per heavy atom. The molecule has 3 aliphatic rings. The Morgan fingerprint density at radius 2 is 2.09 bits per heavy atom. The molecular weight excluding hydrogens is 458 g/mol. The molecule has 1 aromatic carbocycles. The number of thiazole rings is 1. The van der Waals surface area contributed by atoms with Crippen LogP contribution in [0.25, 0.3) is 10.2 Å². The molecule has 3 aromatic rings. The predicted molar refractivity (Wildman–Crippen MR) is 142 cm³/mol. The van der Waals surface area contributed by atoms with E-state index in [4.69, 9.17) is 0 Å². The van der Waals surface area contributed by atoms with Gasteiger partial charge in [-0.2, -0.15) is 0 Å². The van der Waals surface area contributed by atoms with Gasteiger partial charge in [0.1, 0.15) is 5.82 Å². The number of rotatable bonds is 6. The summed E-state index contributed by atoms with van der Waals surface area (Å²) in [6, 6.07) is 8.59. The molecule has 8 nitrogen and oxygen atoms in total. The molecule has 0 bridgehead atoms. The summed E-state index contributed by atoms with van der Waals surface area (Å²) in [4.78, 5) is 25.9. The van der Waals surface area contributed by atoms with Crippen LogP contribution in [0.3, 0.4) is 0 Å². The first-order chi connectivity index (χ1) is 17.2. The topological polar surface area (TPSA) is 85.4 Å². The molecule has 1 atom stereocenters. The number of aromatic nitrogens is 2. The Hall–Kier alpha value is -3.17. The van der Waals surface area contributed by atoms with Crippen molar-refractivity contribution < 1.29 is 4.79 Å². The van der Waals surface area contributed by atoms with Crippen LogP contribution >= 0.6 is 11.3 Å². The fourth-order valence-corrected chi connectivity index (χ4v) is 6.01. The second kappa shape index (κ2) is 9.83. The minimum absolute atomic E-state index is 0.0493. The van der Waals surface area contributed by atoms with Crippen LogP contribution < -0.4 is 16.0 Å². The van der Waals surface area contributed by atoms with E-state index in [1.807, 2.05) is 22.7 Å². The molecule has 3 N–H and O–H groups in total. The van der Waals surface area contributed by atoms with Crippen LogP contribution in [-0.4, -0.2) is 71.1 Å². The second-order valence-electron chi connectivity index (χ2n) is 9.50. The lowest BCUT2D eigenvalue weighted by molar-refractivity contribution is 0.199. The molecule has 35 heavy (non-hydrogen) atoms. The second-order valence-corrected chi connectivity index (χ2v) is 10.4. The van der Waals surface area contributed by atoms with Gasteiger partial charge < -0.3 is 25.8 Å². The number of nitrogens with one attached hydrogen (secondary N) is 3. The fourth-order valence-electron chi connectivity index (χ4n) is 5.30. The smallest absolute Gasteiger partial charge is 0.317 e. The molecule has 6 rings (SSSR count). The van der Waals surface area contributed by atoms with Crippen LogP contribution in [0.15, 0.2) is 47.6 Å². The van der Waals surface area contributed by atoms with Gasteiger partial charge in [-0.15, -0.1) is 11.3 Å².